The molecule has 4 heteroatoms. The lowest BCUT2D eigenvalue weighted by Gasteiger charge is -2.00. The van der Waals surface area contributed by atoms with Crippen LogP contribution < -0.4 is 5.48 Å². The second kappa shape index (κ2) is 1.27. The van der Waals surface area contributed by atoms with Crippen LogP contribution in [0.15, 0.2) is 0 Å². The van der Waals surface area contributed by atoms with Gasteiger partial charge in [0.05, 0.1) is 12.0 Å². The molecule has 0 aromatic rings. The number of hydrogen-bond acceptors (Lipinski definition) is 2. The van der Waals surface area contributed by atoms with Crippen molar-refractivity contribution in [1.29, 1.82) is 0 Å². The van der Waals surface area contributed by atoms with Crippen molar-refractivity contribution in [3.63, 3.8) is 0 Å². The molecular weight excluding hydrogens is 128 g/mol. The van der Waals surface area contributed by atoms with E-state index in [1.165, 1.54) is 0 Å². The summed E-state index contributed by atoms with van der Waals surface area (Å²) >= 11 is 0. The van der Waals surface area contributed by atoms with Crippen molar-refractivity contribution in [2.24, 2.45) is 5.41 Å². The fourth-order valence-corrected chi connectivity index (χ4v) is 1.16. The average Bonchev–Trinajstić information content (AvgIpc) is 2.27. The minimum Gasteiger partial charge on any atom is -0.301 e. The maximum atomic E-state index is 12.4. The molecule has 0 radical (unpaired) electrons. The van der Waals surface area contributed by atoms with Gasteiger partial charge in [-0.3, -0.25) is 0 Å². The first kappa shape index (κ1) is 5.56. The highest BCUT2D eigenvalue weighted by atomic mass is 19.3. The molecule has 52 valence electrons. The third-order valence-corrected chi connectivity index (χ3v) is 2.07. The second-order valence-electron chi connectivity index (χ2n) is 2.77. The van der Waals surface area contributed by atoms with E-state index in [1.807, 2.05) is 0 Å². The lowest BCUT2D eigenvalue weighted by molar-refractivity contribution is 0.0490. The summed E-state index contributed by atoms with van der Waals surface area (Å²) in [4.78, 5) is 4.63. The molecule has 1 N–H and O–H groups in total. The van der Waals surface area contributed by atoms with Crippen LogP contribution >= 0.6 is 0 Å². The molecule has 1 saturated carbocycles. The first-order valence-electron chi connectivity index (χ1n) is 2.89. The quantitative estimate of drug-likeness (QED) is 0.523. The second-order valence-corrected chi connectivity index (χ2v) is 2.77. The molecule has 1 aliphatic heterocycles. The molecule has 1 saturated heterocycles. The van der Waals surface area contributed by atoms with E-state index in [1.54, 1.807) is 0 Å². The van der Waals surface area contributed by atoms with Crippen LogP contribution in [-0.2, 0) is 4.84 Å². The van der Waals surface area contributed by atoms with Gasteiger partial charge in [0.25, 0.3) is 5.92 Å². The molecule has 1 spiro atoms. The van der Waals surface area contributed by atoms with Crippen molar-refractivity contribution in [2.75, 3.05) is 13.2 Å². The Hall–Kier alpha value is -0.220. The van der Waals surface area contributed by atoms with Crippen LogP contribution in [0.3, 0.4) is 0 Å². The van der Waals surface area contributed by atoms with Gasteiger partial charge in [0.15, 0.2) is 0 Å². The summed E-state index contributed by atoms with van der Waals surface area (Å²) in [7, 11) is 0. The molecule has 1 aliphatic carbocycles. The lowest BCUT2D eigenvalue weighted by Crippen LogP contribution is -2.16. The largest absolute Gasteiger partial charge is 0.301 e. The summed E-state index contributed by atoms with van der Waals surface area (Å²) in [5.41, 5.74) is 1.62. The molecule has 0 aromatic heterocycles. The van der Waals surface area contributed by atoms with Crippen molar-refractivity contribution in [2.45, 2.75) is 12.3 Å². The predicted molar refractivity (Wildman–Crippen MR) is 26.0 cm³/mol. The Kier molecular flexibility index (Phi) is 0.784. The SMILES string of the molecule is FC1(F)CC12CNOC2. The van der Waals surface area contributed by atoms with E-state index < -0.39 is 11.3 Å². The minimum absolute atomic E-state index is 0.00694. The van der Waals surface area contributed by atoms with Gasteiger partial charge in [-0.2, -0.15) is 0 Å². The van der Waals surface area contributed by atoms with Gasteiger partial charge in [-0.15, -0.1) is 0 Å². The van der Waals surface area contributed by atoms with Crippen molar-refractivity contribution >= 4 is 0 Å². The monoisotopic (exact) mass is 135 g/mol. The van der Waals surface area contributed by atoms with E-state index in [-0.39, 0.29) is 13.0 Å². The van der Waals surface area contributed by atoms with Gasteiger partial charge in [0, 0.05) is 13.0 Å². The lowest BCUT2D eigenvalue weighted by atomic mass is 10.1. The van der Waals surface area contributed by atoms with E-state index in [0.717, 1.165) is 0 Å². The molecule has 1 unspecified atom stereocenters. The van der Waals surface area contributed by atoms with E-state index >= 15 is 0 Å². The third-order valence-electron chi connectivity index (χ3n) is 2.07. The normalized spacial score (nSPS) is 46.0. The topological polar surface area (TPSA) is 21.3 Å². The van der Waals surface area contributed by atoms with Crippen molar-refractivity contribution in [3.8, 4) is 0 Å². The van der Waals surface area contributed by atoms with Gasteiger partial charge < -0.3 is 4.84 Å². The van der Waals surface area contributed by atoms with Gasteiger partial charge in [0.1, 0.15) is 0 Å². The third kappa shape index (κ3) is 0.548. The Bertz CT molecular complexity index is 136. The van der Waals surface area contributed by atoms with Crippen LogP contribution in [0.1, 0.15) is 6.42 Å². The molecule has 0 bridgehead atoms. The Morgan fingerprint density at radius 1 is 1.44 bits per heavy atom. The zero-order valence-corrected chi connectivity index (χ0v) is 4.79. The van der Waals surface area contributed by atoms with Gasteiger partial charge in [-0.05, 0) is 0 Å². The summed E-state index contributed by atoms with van der Waals surface area (Å²) < 4.78 is 24.7. The summed E-state index contributed by atoms with van der Waals surface area (Å²) in [6, 6.07) is 0. The van der Waals surface area contributed by atoms with Crippen LogP contribution in [0.5, 0.6) is 0 Å². The Balaban J connectivity index is 2.13. The smallest absolute Gasteiger partial charge is 0.258 e. The van der Waals surface area contributed by atoms with Crippen molar-refractivity contribution in [1.82, 2.24) is 5.48 Å². The summed E-state index contributed by atoms with van der Waals surface area (Å²) in [5.74, 6) is -2.46. The predicted octanol–water partition coefficient (Wildman–Crippen LogP) is 0.547. The molecule has 2 nitrogen and oxygen atoms in total. The Morgan fingerprint density at radius 3 is 2.33 bits per heavy atom. The minimum atomic E-state index is -2.46. The zero-order chi connectivity index (χ0) is 6.54. The zero-order valence-electron chi connectivity index (χ0n) is 4.79. The number of alkyl halides is 2. The first-order valence-corrected chi connectivity index (χ1v) is 2.89. The number of nitrogens with one attached hydrogen (secondary N) is 1. The van der Waals surface area contributed by atoms with Gasteiger partial charge in [-0.25, -0.2) is 14.3 Å². The van der Waals surface area contributed by atoms with Gasteiger partial charge >= 0.3 is 0 Å². The fourth-order valence-electron chi connectivity index (χ4n) is 1.16. The van der Waals surface area contributed by atoms with Crippen LogP contribution in [-0.4, -0.2) is 19.1 Å². The van der Waals surface area contributed by atoms with Crippen LogP contribution in [0.2, 0.25) is 0 Å². The number of hydrogen-bond donors (Lipinski definition) is 1. The highest BCUT2D eigenvalue weighted by Crippen LogP contribution is 2.61. The average molecular weight is 135 g/mol. The molecular formula is C5H7F2NO. The van der Waals surface area contributed by atoms with E-state index in [0.29, 0.717) is 6.54 Å². The van der Waals surface area contributed by atoms with Gasteiger partial charge in [-0.1, -0.05) is 0 Å². The Morgan fingerprint density at radius 2 is 2.11 bits per heavy atom. The first-order chi connectivity index (χ1) is 4.16. The van der Waals surface area contributed by atoms with E-state index in [2.05, 4.69) is 10.3 Å². The molecule has 9 heavy (non-hydrogen) atoms. The maximum absolute atomic E-state index is 12.4. The number of rotatable bonds is 0. The standard InChI is InChI=1S/C5H7F2NO/c6-5(7)1-4(5)2-8-9-3-4/h8H,1-3H2. The fraction of sp³-hybridized carbons (Fsp3) is 1.00. The molecule has 0 aromatic carbocycles. The molecule has 1 atom stereocenters. The van der Waals surface area contributed by atoms with Crippen LogP contribution in [0, 0.1) is 5.41 Å². The summed E-state index contributed by atoms with van der Waals surface area (Å²) in [6.45, 7) is 0.472. The van der Waals surface area contributed by atoms with Crippen LogP contribution in [0.4, 0.5) is 8.78 Å². The van der Waals surface area contributed by atoms with Crippen LogP contribution in [0.25, 0.3) is 0 Å². The highest BCUT2D eigenvalue weighted by Gasteiger charge is 2.72. The Labute approximate surface area is 51.1 Å². The van der Waals surface area contributed by atoms with E-state index in [9.17, 15) is 8.78 Å². The number of hydroxylamine groups is 1. The maximum Gasteiger partial charge on any atom is 0.258 e. The van der Waals surface area contributed by atoms with Crippen molar-refractivity contribution in [3.05, 3.63) is 0 Å². The summed E-state index contributed by atoms with van der Waals surface area (Å²) in [6.07, 6.45) is -0.00694. The van der Waals surface area contributed by atoms with Crippen molar-refractivity contribution < 1.29 is 13.6 Å². The molecule has 1 heterocycles. The number of halogens is 2. The molecule has 0 amide bonds. The molecule has 2 rings (SSSR count). The molecule has 2 aliphatic rings. The van der Waals surface area contributed by atoms with Gasteiger partial charge in [0.2, 0.25) is 0 Å². The van der Waals surface area contributed by atoms with E-state index in [4.69, 9.17) is 0 Å². The summed E-state index contributed by atoms with van der Waals surface area (Å²) in [5, 5.41) is 0. The highest BCUT2D eigenvalue weighted by molar-refractivity contribution is 5.12. The molecule has 2 fully saturated rings.